The first-order chi connectivity index (χ1) is 12.4. The van der Waals surface area contributed by atoms with E-state index in [-0.39, 0.29) is 23.0 Å². The van der Waals surface area contributed by atoms with Crippen molar-refractivity contribution >= 4 is 40.8 Å². The summed E-state index contributed by atoms with van der Waals surface area (Å²) in [5, 5.41) is 3.28. The number of ether oxygens (including phenoxy) is 1. The van der Waals surface area contributed by atoms with Crippen LogP contribution in [0, 0.1) is 23.2 Å². The first kappa shape index (κ1) is 18.1. The molecular weight excluding hydrogens is 373 g/mol. The van der Waals surface area contributed by atoms with Gasteiger partial charge < -0.3 is 10.1 Å². The second-order valence-corrected chi connectivity index (χ2v) is 9.19. The quantitative estimate of drug-likeness (QED) is 0.706. The molecule has 4 aliphatic rings. The fraction of sp³-hybridized carbons (Fsp3) is 0.600. The van der Waals surface area contributed by atoms with Crippen molar-refractivity contribution in [2.45, 2.75) is 44.9 Å². The van der Waals surface area contributed by atoms with E-state index in [0.29, 0.717) is 17.1 Å². The molecule has 26 heavy (non-hydrogen) atoms. The predicted octanol–water partition coefficient (Wildman–Crippen LogP) is 5.08. The summed E-state index contributed by atoms with van der Waals surface area (Å²) in [6, 6.07) is 5.00. The predicted molar refractivity (Wildman–Crippen MR) is 101 cm³/mol. The number of carbonyl (C=O) groups is 2. The first-order valence-electron chi connectivity index (χ1n) is 9.32. The van der Waals surface area contributed by atoms with Crippen LogP contribution in [0.4, 0.5) is 5.69 Å². The second-order valence-electron chi connectivity index (χ2n) is 8.40. The van der Waals surface area contributed by atoms with Crippen molar-refractivity contribution in [3.05, 3.63) is 28.2 Å². The minimum absolute atomic E-state index is 0.124. The molecule has 0 heterocycles. The third kappa shape index (κ3) is 3.72. The molecule has 0 aliphatic heterocycles. The third-order valence-corrected chi connectivity index (χ3v) is 7.09. The minimum atomic E-state index is -0.409. The lowest BCUT2D eigenvalue weighted by Gasteiger charge is -2.56. The van der Waals surface area contributed by atoms with Crippen molar-refractivity contribution in [1.29, 1.82) is 0 Å². The van der Waals surface area contributed by atoms with Gasteiger partial charge in [-0.3, -0.25) is 9.59 Å². The Hall–Kier alpha value is -1.26. The summed E-state index contributed by atoms with van der Waals surface area (Å²) in [7, 11) is 0. The Bertz CT molecular complexity index is 698. The van der Waals surface area contributed by atoms with Gasteiger partial charge in [-0.1, -0.05) is 29.3 Å². The van der Waals surface area contributed by atoms with Gasteiger partial charge >= 0.3 is 5.97 Å². The number of benzene rings is 1. The molecule has 140 valence electrons. The summed E-state index contributed by atoms with van der Waals surface area (Å²) in [6.07, 6.45) is 7.93. The molecule has 6 heteroatoms. The number of carbonyl (C=O) groups excluding carboxylic acids is 2. The molecule has 1 aromatic carbocycles. The highest BCUT2D eigenvalue weighted by atomic mass is 35.5. The summed E-state index contributed by atoms with van der Waals surface area (Å²) in [6.45, 7) is -0.298. The van der Waals surface area contributed by atoms with Gasteiger partial charge in [0.25, 0.3) is 5.91 Å². The van der Waals surface area contributed by atoms with Crippen LogP contribution in [0.5, 0.6) is 0 Å². The zero-order chi connectivity index (χ0) is 18.3. The van der Waals surface area contributed by atoms with Crippen molar-refractivity contribution in [3.63, 3.8) is 0 Å². The second kappa shape index (κ2) is 7.05. The Morgan fingerprint density at radius 2 is 1.69 bits per heavy atom. The highest BCUT2D eigenvalue weighted by Gasteiger charge is 2.51. The average Bonchev–Trinajstić information content (AvgIpc) is 2.55. The van der Waals surface area contributed by atoms with Crippen molar-refractivity contribution < 1.29 is 14.3 Å². The molecule has 4 saturated carbocycles. The molecule has 1 aromatic rings. The van der Waals surface area contributed by atoms with E-state index in [1.807, 2.05) is 0 Å². The minimum Gasteiger partial charge on any atom is -0.456 e. The Balaban J connectivity index is 1.29. The lowest BCUT2D eigenvalue weighted by molar-refractivity contribution is -0.154. The average molecular weight is 396 g/mol. The molecule has 0 radical (unpaired) electrons. The van der Waals surface area contributed by atoms with Gasteiger partial charge in [0.2, 0.25) is 0 Å². The number of nitrogens with one attached hydrogen (secondary N) is 1. The highest BCUT2D eigenvalue weighted by Crippen LogP contribution is 2.61. The normalized spacial score (nSPS) is 31.7. The molecule has 4 fully saturated rings. The topological polar surface area (TPSA) is 55.4 Å². The Kier molecular flexibility index (Phi) is 4.91. The zero-order valence-corrected chi connectivity index (χ0v) is 16.1. The van der Waals surface area contributed by atoms with E-state index in [4.69, 9.17) is 27.9 Å². The van der Waals surface area contributed by atoms with E-state index in [1.54, 1.807) is 18.2 Å². The van der Waals surface area contributed by atoms with Crippen molar-refractivity contribution in [2.75, 3.05) is 11.9 Å². The summed E-state index contributed by atoms with van der Waals surface area (Å²) in [4.78, 5) is 24.4. The number of esters is 1. The molecule has 5 rings (SSSR count). The molecular formula is C20H23Cl2NO3. The van der Waals surface area contributed by atoms with E-state index >= 15 is 0 Å². The van der Waals surface area contributed by atoms with Gasteiger partial charge in [0.15, 0.2) is 6.61 Å². The maximum atomic E-state index is 12.4. The number of halogens is 2. The Morgan fingerprint density at radius 3 is 2.31 bits per heavy atom. The van der Waals surface area contributed by atoms with Crippen molar-refractivity contribution in [1.82, 2.24) is 0 Å². The number of amides is 1. The van der Waals surface area contributed by atoms with Gasteiger partial charge in [0, 0.05) is 0 Å². The van der Waals surface area contributed by atoms with Gasteiger partial charge in [-0.25, -0.2) is 0 Å². The van der Waals surface area contributed by atoms with Gasteiger partial charge in [-0.05, 0) is 73.8 Å². The third-order valence-electron chi connectivity index (χ3n) is 6.27. The molecule has 4 bridgehead atoms. The highest BCUT2D eigenvalue weighted by molar-refractivity contribution is 6.44. The largest absolute Gasteiger partial charge is 0.456 e. The molecule has 0 unspecified atom stereocenters. The van der Waals surface area contributed by atoms with E-state index < -0.39 is 5.91 Å². The molecule has 0 spiro atoms. The SMILES string of the molecule is O=C(COC(=O)CC12CC3CC(CC(C3)C1)C2)Nc1cccc(Cl)c1Cl. The summed E-state index contributed by atoms with van der Waals surface area (Å²) in [5.41, 5.74) is 0.541. The Labute approximate surface area is 163 Å². The van der Waals surface area contributed by atoms with Crippen molar-refractivity contribution in [2.24, 2.45) is 23.2 Å². The van der Waals surface area contributed by atoms with Crippen LogP contribution >= 0.6 is 23.2 Å². The molecule has 4 nitrogen and oxygen atoms in total. The molecule has 0 aromatic heterocycles. The van der Waals surface area contributed by atoms with E-state index in [1.165, 1.54) is 19.3 Å². The maximum absolute atomic E-state index is 12.4. The van der Waals surface area contributed by atoms with E-state index in [2.05, 4.69) is 5.32 Å². The zero-order valence-electron chi connectivity index (χ0n) is 14.6. The van der Waals surface area contributed by atoms with Crippen LogP contribution in [-0.4, -0.2) is 18.5 Å². The van der Waals surface area contributed by atoms with Crippen LogP contribution in [0.25, 0.3) is 0 Å². The monoisotopic (exact) mass is 395 g/mol. The number of anilines is 1. The number of hydrogen-bond acceptors (Lipinski definition) is 3. The standard InChI is InChI=1S/C20H23Cl2NO3/c21-15-2-1-3-16(19(15)22)23-17(24)11-26-18(25)10-20-7-12-4-13(8-20)6-14(5-12)9-20/h1-3,12-14H,4-11H2,(H,23,24). The fourth-order valence-electron chi connectivity index (χ4n) is 5.80. The van der Waals surface area contributed by atoms with Crippen molar-refractivity contribution in [3.8, 4) is 0 Å². The smallest absolute Gasteiger partial charge is 0.306 e. The molecule has 0 atom stereocenters. The van der Waals surface area contributed by atoms with Gasteiger partial charge in [0.1, 0.15) is 0 Å². The first-order valence-corrected chi connectivity index (χ1v) is 10.1. The van der Waals surface area contributed by atoms with E-state index in [9.17, 15) is 9.59 Å². The molecule has 1 N–H and O–H groups in total. The molecule has 4 aliphatic carbocycles. The van der Waals surface area contributed by atoms with E-state index in [0.717, 1.165) is 37.0 Å². The van der Waals surface area contributed by atoms with Crippen LogP contribution in [0.1, 0.15) is 44.9 Å². The maximum Gasteiger partial charge on any atom is 0.306 e. The van der Waals surface area contributed by atoms with Crippen LogP contribution < -0.4 is 5.32 Å². The van der Waals surface area contributed by atoms with Crippen LogP contribution in [0.2, 0.25) is 10.0 Å². The van der Waals surface area contributed by atoms with Crippen LogP contribution in [0.3, 0.4) is 0 Å². The lowest BCUT2D eigenvalue weighted by Crippen LogP contribution is -2.47. The summed E-state index contributed by atoms with van der Waals surface area (Å²) in [5.74, 6) is 1.71. The summed E-state index contributed by atoms with van der Waals surface area (Å²) >= 11 is 12.0. The van der Waals surface area contributed by atoms with Gasteiger partial charge in [-0.15, -0.1) is 0 Å². The molecule has 1 amide bonds. The number of hydrogen-bond donors (Lipinski definition) is 1. The van der Waals surface area contributed by atoms with Crippen LogP contribution in [-0.2, 0) is 14.3 Å². The fourth-order valence-corrected chi connectivity index (χ4v) is 6.14. The van der Waals surface area contributed by atoms with Gasteiger partial charge in [0.05, 0.1) is 22.2 Å². The van der Waals surface area contributed by atoms with Gasteiger partial charge in [-0.2, -0.15) is 0 Å². The number of rotatable bonds is 5. The summed E-state index contributed by atoms with van der Waals surface area (Å²) < 4.78 is 5.26. The lowest BCUT2D eigenvalue weighted by atomic mass is 9.49. The van der Waals surface area contributed by atoms with Crippen LogP contribution in [0.15, 0.2) is 18.2 Å². The Morgan fingerprint density at radius 1 is 1.08 bits per heavy atom. The molecule has 0 saturated heterocycles.